The minimum Gasteiger partial charge on any atom is -0.493 e. The molecule has 6 nitrogen and oxygen atoms in total. The Labute approximate surface area is 156 Å². The normalized spacial score (nSPS) is 14.8. The van der Waals surface area contributed by atoms with E-state index in [1.165, 1.54) is 11.1 Å². The van der Waals surface area contributed by atoms with E-state index in [4.69, 9.17) is 29.7 Å². The van der Waals surface area contributed by atoms with E-state index in [1.54, 1.807) is 7.11 Å². The third kappa shape index (κ3) is 2.64. The minimum absolute atomic E-state index is 0.0540. The summed E-state index contributed by atoms with van der Waals surface area (Å²) in [7, 11) is 1.65. The van der Waals surface area contributed by atoms with Crippen molar-refractivity contribution in [2.45, 2.75) is 19.4 Å². The van der Waals surface area contributed by atoms with E-state index in [-0.39, 0.29) is 12.8 Å². The van der Waals surface area contributed by atoms with Crippen LogP contribution >= 0.6 is 0 Å². The van der Waals surface area contributed by atoms with Crippen LogP contribution in [0, 0.1) is 0 Å². The lowest BCUT2D eigenvalue weighted by atomic mass is 10.1. The van der Waals surface area contributed by atoms with Crippen molar-refractivity contribution >= 4 is 10.9 Å². The molecule has 2 heterocycles. The highest BCUT2D eigenvalue weighted by Crippen LogP contribution is 2.44. The molecule has 0 spiro atoms. The van der Waals surface area contributed by atoms with Crippen LogP contribution in [0.4, 0.5) is 0 Å². The highest BCUT2D eigenvalue weighted by atomic mass is 16.7. The molecule has 2 aromatic carbocycles. The molecule has 3 aromatic rings. The largest absolute Gasteiger partial charge is 0.493 e. The molecule has 138 valence electrons. The zero-order valence-electron chi connectivity index (χ0n) is 15.2. The van der Waals surface area contributed by atoms with Gasteiger partial charge in [0.05, 0.1) is 18.3 Å². The summed E-state index contributed by atoms with van der Waals surface area (Å²) < 4.78 is 22.4. The standard InChI is InChI=1S/C21H20N2O4/c1-11(22)9-25-19-7-15-12(5-17(19)24-2)3-14-4-13-6-18-20(27-10-26-18)8-16(13)23-21(14)15/h4-8,11H,3,9-10,22H2,1-2H3. The Kier molecular flexibility index (Phi) is 3.62. The highest BCUT2D eigenvalue weighted by Gasteiger charge is 2.25. The molecule has 0 radical (unpaired) electrons. The molecule has 0 saturated carbocycles. The van der Waals surface area contributed by atoms with Gasteiger partial charge in [0.15, 0.2) is 23.0 Å². The maximum absolute atomic E-state index is 5.86. The molecule has 1 aliphatic carbocycles. The SMILES string of the molecule is COc1cc2c(cc1OCC(C)N)-c1nc3cc4c(cc3cc1C2)OCO4. The molecule has 5 rings (SSSR count). The summed E-state index contributed by atoms with van der Waals surface area (Å²) in [4.78, 5) is 4.91. The Morgan fingerprint density at radius 3 is 2.67 bits per heavy atom. The van der Waals surface area contributed by atoms with E-state index in [9.17, 15) is 0 Å². The Hall–Kier alpha value is -2.99. The second-order valence-corrected chi connectivity index (χ2v) is 7.02. The summed E-state index contributed by atoms with van der Waals surface area (Å²) in [5, 5.41) is 1.05. The Bertz CT molecular complexity index is 1060. The number of nitrogens with zero attached hydrogens (tertiary/aromatic N) is 1. The number of benzene rings is 2. The Morgan fingerprint density at radius 1 is 1.07 bits per heavy atom. The summed E-state index contributed by atoms with van der Waals surface area (Å²) >= 11 is 0. The maximum atomic E-state index is 5.86. The van der Waals surface area contributed by atoms with E-state index in [0.29, 0.717) is 18.1 Å². The molecule has 0 bridgehead atoms. The number of aromatic nitrogens is 1. The average Bonchev–Trinajstić information content (AvgIpc) is 3.24. The molecular weight excluding hydrogens is 344 g/mol. The van der Waals surface area contributed by atoms with Crippen molar-refractivity contribution in [1.29, 1.82) is 0 Å². The second kappa shape index (κ2) is 6.03. The predicted octanol–water partition coefficient (Wildman–Crippen LogP) is 3.27. The fourth-order valence-electron chi connectivity index (χ4n) is 3.64. The lowest BCUT2D eigenvalue weighted by molar-refractivity contribution is 0.174. The first-order valence-electron chi connectivity index (χ1n) is 8.95. The summed E-state index contributed by atoms with van der Waals surface area (Å²) in [5.74, 6) is 2.92. The molecule has 27 heavy (non-hydrogen) atoms. The molecule has 0 amide bonds. The molecule has 1 aliphatic heterocycles. The van der Waals surface area contributed by atoms with Crippen molar-refractivity contribution < 1.29 is 18.9 Å². The third-order valence-electron chi connectivity index (χ3n) is 4.92. The third-order valence-corrected chi connectivity index (χ3v) is 4.92. The number of fused-ring (bicyclic) bond motifs is 5. The van der Waals surface area contributed by atoms with Gasteiger partial charge in [-0.1, -0.05) is 0 Å². The molecule has 2 N–H and O–H groups in total. The minimum atomic E-state index is -0.0540. The van der Waals surface area contributed by atoms with Gasteiger partial charge in [0, 0.05) is 29.5 Å². The van der Waals surface area contributed by atoms with Crippen LogP contribution in [0.5, 0.6) is 23.0 Å². The quantitative estimate of drug-likeness (QED) is 0.599. The monoisotopic (exact) mass is 364 g/mol. The lowest BCUT2D eigenvalue weighted by Crippen LogP contribution is -2.23. The van der Waals surface area contributed by atoms with Crippen LogP contribution in [0.15, 0.2) is 30.3 Å². The first-order valence-corrected chi connectivity index (χ1v) is 8.95. The first kappa shape index (κ1) is 16.2. The number of nitrogens with two attached hydrogens (primary N) is 1. The van der Waals surface area contributed by atoms with Crippen LogP contribution in [-0.4, -0.2) is 31.5 Å². The highest BCUT2D eigenvalue weighted by molar-refractivity contribution is 5.89. The van der Waals surface area contributed by atoms with Gasteiger partial charge in [0.1, 0.15) is 6.61 Å². The van der Waals surface area contributed by atoms with Crippen LogP contribution in [0.25, 0.3) is 22.2 Å². The second-order valence-electron chi connectivity index (χ2n) is 7.02. The zero-order chi connectivity index (χ0) is 18.5. The van der Waals surface area contributed by atoms with Gasteiger partial charge in [0.25, 0.3) is 0 Å². The van der Waals surface area contributed by atoms with Crippen LogP contribution < -0.4 is 24.7 Å². The molecule has 6 heteroatoms. The van der Waals surface area contributed by atoms with E-state index in [2.05, 4.69) is 6.07 Å². The van der Waals surface area contributed by atoms with Gasteiger partial charge in [-0.2, -0.15) is 0 Å². The van der Waals surface area contributed by atoms with Crippen LogP contribution in [-0.2, 0) is 6.42 Å². The molecule has 1 atom stereocenters. The summed E-state index contributed by atoms with van der Waals surface area (Å²) in [5.41, 5.74) is 11.1. The molecule has 0 saturated heterocycles. The van der Waals surface area contributed by atoms with Gasteiger partial charge >= 0.3 is 0 Å². The van der Waals surface area contributed by atoms with E-state index >= 15 is 0 Å². The Morgan fingerprint density at radius 2 is 1.89 bits per heavy atom. The van der Waals surface area contributed by atoms with Gasteiger partial charge in [-0.3, -0.25) is 0 Å². The molecule has 2 aliphatic rings. The lowest BCUT2D eigenvalue weighted by Gasteiger charge is -2.14. The van der Waals surface area contributed by atoms with E-state index < -0.39 is 0 Å². The number of rotatable bonds is 4. The topological polar surface area (TPSA) is 75.8 Å². The molecule has 1 unspecified atom stereocenters. The van der Waals surface area contributed by atoms with Gasteiger partial charge in [-0.15, -0.1) is 0 Å². The van der Waals surface area contributed by atoms with Crippen molar-refractivity contribution in [3.05, 3.63) is 41.5 Å². The van der Waals surface area contributed by atoms with Crippen molar-refractivity contribution in [3.63, 3.8) is 0 Å². The van der Waals surface area contributed by atoms with Crippen molar-refractivity contribution in [2.75, 3.05) is 20.5 Å². The predicted molar refractivity (Wildman–Crippen MR) is 102 cm³/mol. The summed E-state index contributed by atoms with van der Waals surface area (Å²) in [6.45, 7) is 2.60. The van der Waals surface area contributed by atoms with Gasteiger partial charge in [0.2, 0.25) is 6.79 Å². The molecule has 1 aromatic heterocycles. The number of ether oxygens (including phenoxy) is 4. The average molecular weight is 364 g/mol. The van der Waals surface area contributed by atoms with Crippen LogP contribution in [0.3, 0.4) is 0 Å². The fourth-order valence-corrected chi connectivity index (χ4v) is 3.64. The fraction of sp³-hybridized carbons (Fsp3) is 0.286. The molecular formula is C21H20N2O4. The maximum Gasteiger partial charge on any atom is 0.231 e. The van der Waals surface area contributed by atoms with Crippen LogP contribution in [0.2, 0.25) is 0 Å². The number of hydrogen-bond donors (Lipinski definition) is 1. The van der Waals surface area contributed by atoms with E-state index in [1.807, 2.05) is 31.2 Å². The molecule has 0 fully saturated rings. The number of pyridine rings is 1. The van der Waals surface area contributed by atoms with Gasteiger partial charge in [-0.25, -0.2) is 4.98 Å². The van der Waals surface area contributed by atoms with Gasteiger partial charge in [-0.05, 0) is 42.3 Å². The summed E-state index contributed by atoms with van der Waals surface area (Å²) in [6.07, 6.45) is 0.811. The van der Waals surface area contributed by atoms with Crippen molar-refractivity contribution in [3.8, 4) is 34.3 Å². The van der Waals surface area contributed by atoms with Gasteiger partial charge < -0.3 is 24.7 Å². The summed E-state index contributed by atoms with van der Waals surface area (Å²) in [6, 6.07) is 10.1. The van der Waals surface area contributed by atoms with Crippen LogP contribution in [0.1, 0.15) is 18.1 Å². The van der Waals surface area contributed by atoms with E-state index in [0.717, 1.165) is 40.1 Å². The zero-order valence-corrected chi connectivity index (χ0v) is 15.2. The number of hydrogen-bond acceptors (Lipinski definition) is 6. The van der Waals surface area contributed by atoms with Crippen molar-refractivity contribution in [1.82, 2.24) is 4.98 Å². The smallest absolute Gasteiger partial charge is 0.231 e. The van der Waals surface area contributed by atoms with Crippen molar-refractivity contribution in [2.24, 2.45) is 5.73 Å². The first-order chi connectivity index (χ1) is 13.1. The Balaban J connectivity index is 1.62. The number of methoxy groups -OCH3 is 1.